The third-order valence-corrected chi connectivity index (χ3v) is 4.90. The number of nitrogens with one attached hydrogen (secondary N) is 1. The molecule has 0 aromatic carbocycles. The van der Waals surface area contributed by atoms with E-state index >= 15 is 0 Å². The van der Waals surface area contributed by atoms with E-state index in [9.17, 15) is 9.59 Å². The molecule has 2 aliphatic rings. The quantitative estimate of drug-likeness (QED) is 0.901. The Hall–Kier alpha value is -2.57. The van der Waals surface area contributed by atoms with E-state index in [1.807, 2.05) is 29.7 Å². The van der Waals surface area contributed by atoms with Gasteiger partial charge in [0.25, 0.3) is 0 Å². The molecule has 4 heterocycles. The fraction of sp³-hybridized carbons (Fsp3) is 0.471. The summed E-state index contributed by atoms with van der Waals surface area (Å²) in [5, 5.41) is 2.70. The highest BCUT2D eigenvalue weighted by Crippen LogP contribution is 2.28. The highest BCUT2D eigenvalue weighted by molar-refractivity contribution is 5.79. The molecule has 1 N–H and O–H groups in total. The van der Waals surface area contributed by atoms with E-state index in [-0.39, 0.29) is 12.0 Å². The first-order valence-electron chi connectivity index (χ1n) is 8.23. The molecule has 2 aliphatic heterocycles. The van der Waals surface area contributed by atoms with Crippen molar-refractivity contribution < 1.29 is 14.3 Å². The van der Waals surface area contributed by atoms with E-state index in [4.69, 9.17) is 4.74 Å². The van der Waals surface area contributed by atoms with Crippen molar-refractivity contribution in [1.29, 1.82) is 0 Å². The topological polar surface area (TPSA) is 75.9 Å². The van der Waals surface area contributed by atoms with Gasteiger partial charge in [-0.1, -0.05) is 6.07 Å². The predicted molar refractivity (Wildman–Crippen MR) is 86.7 cm³/mol. The molecule has 7 heteroatoms. The van der Waals surface area contributed by atoms with Gasteiger partial charge in [0.2, 0.25) is 5.91 Å². The Balaban J connectivity index is 1.51. The molecule has 1 unspecified atom stereocenters. The zero-order chi connectivity index (χ0) is 16.7. The van der Waals surface area contributed by atoms with E-state index in [1.165, 1.54) is 0 Å². The summed E-state index contributed by atoms with van der Waals surface area (Å²) in [5.41, 5.74) is 2.28. The third kappa shape index (κ3) is 2.50. The zero-order valence-electron chi connectivity index (χ0n) is 13.6. The van der Waals surface area contributed by atoms with Crippen LogP contribution in [0.25, 0.3) is 5.65 Å². The number of fused-ring (bicyclic) bond motifs is 1. The van der Waals surface area contributed by atoms with Gasteiger partial charge < -0.3 is 19.4 Å². The van der Waals surface area contributed by atoms with Crippen LogP contribution in [-0.2, 0) is 16.0 Å². The van der Waals surface area contributed by atoms with Gasteiger partial charge in [-0.3, -0.25) is 4.79 Å². The number of hydrogen-bond acceptors (Lipinski definition) is 4. The summed E-state index contributed by atoms with van der Waals surface area (Å²) < 4.78 is 7.39. The summed E-state index contributed by atoms with van der Waals surface area (Å²) in [6.45, 7) is 3.64. The van der Waals surface area contributed by atoms with Gasteiger partial charge in [-0.15, -0.1) is 0 Å². The minimum absolute atomic E-state index is 0.0420. The second kappa shape index (κ2) is 5.51. The Morgan fingerprint density at radius 1 is 1.50 bits per heavy atom. The summed E-state index contributed by atoms with van der Waals surface area (Å²) in [7, 11) is 0. The van der Waals surface area contributed by atoms with E-state index in [0.717, 1.165) is 29.7 Å². The van der Waals surface area contributed by atoms with Crippen molar-refractivity contribution in [2.24, 2.45) is 0 Å². The molecule has 126 valence electrons. The van der Waals surface area contributed by atoms with Gasteiger partial charge in [0.15, 0.2) is 0 Å². The van der Waals surface area contributed by atoms with Crippen molar-refractivity contribution in [1.82, 2.24) is 19.6 Å². The lowest BCUT2D eigenvalue weighted by Gasteiger charge is -2.38. The molecule has 0 radical (unpaired) electrons. The maximum Gasteiger partial charge on any atom is 0.407 e. The van der Waals surface area contributed by atoms with E-state index in [1.54, 1.807) is 11.1 Å². The first kappa shape index (κ1) is 15.0. The molecular formula is C17H20N4O3. The number of carbonyl (C=O) groups excluding carboxylic acids is 2. The number of carbonyl (C=O) groups is 2. The number of likely N-dealkylation sites (tertiary alicyclic amines) is 1. The molecule has 2 fully saturated rings. The second-order valence-electron chi connectivity index (χ2n) is 6.66. The molecule has 2 amide bonds. The van der Waals surface area contributed by atoms with Gasteiger partial charge in [-0.2, -0.15) is 0 Å². The normalized spacial score (nSPS) is 23.5. The van der Waals surface area contributed by atoms with Crippen LogP contribution in [-0.4, -0.2) is 51.5 Å². The minimum Gasteiger partial charge on any atom is -0.439 e. The Morgan fingerprint density at radius 2 is 2.38 bits per heavy atom. The second-order valence-corrected chi connectivity index (χ2v) is 6.66. The Kier molecular flexibility index (Phi) is 3.44. The van der Waals surface area contributed by atoms with Crippen LogP contribution in [0.3, 0.4) is 0 Å². The molecular weight excluding hydrogens is 308 g/mol. The van der Waals surface area contributed by atoms with Crippen molar-refractivity contribution in [3.05, 3.63) is 35.8 Å². The first-order chi connectivity index (χ1) is 11.6. The number of hydrogen-bond donors (Lipinski definition) is 1. The lowest BCUT2D eigenvalue weighted by Crippen LogP contribution is -2.52. The number of imidazole rings is 1. The van der Waals surface area contributed by atoms with Crippen LogP contribution < -0.4 is 5.32 Å². The van der Waals surface area contributed by atoms with E-state index in [0.29, 0.717) is 26.1 Å². The molecule has 2 aromatic rings. The summed E-state index contributed by atoms with van der Waals surface area (Å²) in [6, 6.07) is 3.96. The van der Waals surface area contributed by atoms with Crippen LogP contribution in [0, 0.1) is 6.92 Å². The van der Waals surface area contributed by atoms with Crippen LogP contribution in [0.15, 0.2) is 24.5 Å². The molecule has 2 saturated heterocycles. The van der Waals surface area contributed by atoms with Gasteiger partial charge in [0.1, 0.15) is 11.2 Å². The largest absolute Gasteiger partial charge is 0.439 e. The van der Waals surface area contributed by atoms with Crippen molar-refractivity contribution >= 4 is 17.6 Å². The smallest absolute Gasteiger partial charge is 0.407 e. The summed E-state index contributed by atoms with van der Waals surface area (Å²) in [5.74, 6) is 0.0420. The van der Waals surface area contributed by atoms with Crippen molar-refractivity contribution in [3.63, 3.8) is 0 Å². The number of piperidine rings is 1. The van der Waals surface area contributed by atoms with Crippen LogP contribution in [0.2, 0.25) is 0 Å². The number of nitrogens with zero attached hydrogens (tertiary/aromatic N) is 3. The van der Waals surface area contributed by atoms with Crippen LogP contribution in [0.4, 0.5) is 4.79 Å². The number of aryl methyl sites for hydroxylation is 1. The number of pyridine rings is 1. The van der Waals surface area contributed by atoms with E-state index < -0.39 is 5.60 Å². The monoisotopic (exact) mass is 328 g/mol. The maximum absolute atomic E-state index is 12.7. The average molecular weight is 328 g/mol. The molecule has 0 saturated carbocycles. The Labute approximate surface area is 139 Å². The number of rotatable bonds is 2. The Morgan fingerprint density at radius 3 is 3.17 bits per heavy atom. The van der Waals surface area contributed by atoms with Crippen LogP contribution >= 0.6 is 0 Å². The lowest BCUT2D eigenvalue weighted by molar-refractivity contribution is -0.136. The Bertz CT molecular complexity index is 815. The van der Waals surface area contributed by atoms with Gasteiger partial charge >= 0.3 is 6.09 Å². The molecule has 24 heavy (non-hydrogen) atoms. The van der Waals surface area contributed by atoms with Crippen LogP contribution in [0.5, 0.6) is 0 Å². The first-order valence-corrected chi connectivity index (χ1v) is 8.23. The fourth-order valence-electron chi connectivity index (χ4n) is 3.64. The summed E-state index contributed by atoms with van der Waals surface area (Å²) in [6.07, 6.45) is 5.23. The van der Waals surface area contributed by atoms with Crippen molar-refractivity contribution in [2.45, 2.75) is 31.8 Å². The third-order valence-electron chi connectivity index (χ3n) is 4.90. The van der Waals surface area contributed by atoms with Gasteiger partial charge in [0, 0.05) is 18.9 Å². The molecule has 7 nitrogen and oxygen atoms in total. The molecule has 1 atom stereocenters. The predicted octanol–water partition coefficient (Wildman–Crippen LogP) is 1.29. The highest BCUT2D eigenvalue weighted by atomic mass is 16.6. The van der Waals surface area contributed by atoms with Crippen LogP contribution in [0.1, 0.15) is 24.1 Å². The van der Waals surface area contributed by atoms with Crippen molar-refractivity contribution in [3.8, 4) is 0 Å². The lowest BCUT2D eigenvalue weighted by atomic mass is 9.93. The van der Waals surface area contributed by atoms with Crippen molar-refractivity contribution in [2.75, 3.05) is 19.6 Å². The number of aromatic nitrogens is 2. The van der Waals surface area contributed by atoms with Gasteiger partial charge in [-0.25, -0.2) is 9.78 Å². The molecule has 1 spiro atoms. The van der Waals surface area contributed by atoms with Gasteiger partial charge in [-0.05, 0) is 31.4 Å². The SMILES string of the molecule is Cc1cccn2c(CC(=O)N3CCCC4(CNC(=O)O4)C3)cnc12. The fourth-order valence-corrected chi connectivity index (χ4v) is 3.64. The molecule has 0 bridgehead atoms. The highest BCUT2D eigenvalue weighted by Gasteiger charge is 2.44. The maximum atomic E-state index is 12.7. The zero-order valence-corrected chi connectivity index (χ0v) is 13.6. The van der Waals surface area contributed by atoms with E-state index in [2.05, 4.69) is 10.3 Å². The molecule has 0 aliphatic carbocycles. The average Bonchev–Trinajstić information content (AvgIpc) is 3.13. The summed E-state index contributed by atoms with van der Waals surface area (Å²) in [4.78, 5) is 30.3. The summed E-state index contributed by atoms with van der Waals surface area (Å²) >= 11 is 0. The number of alkyl carbamates (subject to hydrolysis) is 1. The number of ether oxygens (including phenoxy) is 1. The molecule has 2 aromatic heterocycles. The number of amides is 2. The standard InChI is InChI=1S/C17H20N4O3/c1-12-4-2-7-21-13(9-18-15(12)21)8-14(22)20-6-3-5-17(11-20)10-19-16(23)24-17/h2,4,7,9H,3,5-6,8,10-11H2,1H3,(H,19,23). The minimum atomic E-state index is -0.555. The molecule has 4 rings (SSSR count). The van der Waals surface area contributed by atoms with Gasteiger partial charge in [0.05, 0.1) is 25.2 Å².